The number of carbonyl (C=O) groups is 1. The summed E-state index contributed by atoms with van der Waals surface area (Å²) < 4.78 is 7.84. The Morgan fingerprint density at radius 3 is 2.62 bits per heavy atom. The van der Waals surface area contributed by atoms with Crippen LogP contribution in [0.3, 0.4) is 0 Å². The van der Waals surface area contributed by atoms with Crippen LogP contribution >= 0.6 is 0 Å². The number of aryl methyl sites for hydroxylation is 2. The molecular formula is C25H31N5O4. The Kier molecular flexibility index (Phi) is 5.39. The van der Waals surface area contributed by atoms with E-state index in [1.165, 1.54) is 6.20 Å². The molecule has 2 fully saturated rings. The lowest BCUT2D eigenvalue weighted by atomic mass is 9.97. The minimum atomic E-state index is -1.22. The van der Waals surface area contributed by atoms with Crippen LogP contribution in [0.2, 0.25) is 0 Å². The Labute approximate surface area is 197 Å². The van der Waals surface area contributed by atoms with E-state index in [4.69, 9.17) is 10.2 Å². The Morgan fingerprint density at radius 2 is 2.03 bits per heavy atom. The Balaban J connectivity index is 1.57. The molecule has 0 radical (unpaired) electrons. The van der Waals surface area contributed by atoms with Gasteiger partial charge in [0.25, 0.3) is 0 Å². The van der Waals surface area contributed by atoms with Gasteiger partial charge in [0.15, 0.2) is 0 Å². The highest BCUT2D eigenvalue weighted by Gasteiger charge is 2.36. The molecule has 34 heavy (non-hydrogen) atoms. The summed E-state index contributed by atoms with van der Waals surface area (Å²) >= 11 is 0. The van der Waals surface area contributed by atoms with Gasteiger partial charge in [0, 0.05) is 42.6 Å². The van der Waals surface area contributed by atoms with Crippen LogP contribution in [0.15, 0.2) is 27.7 Å². The zero-order valence-electron chi connectivity index (χ0n) is 20.0. The van der Waals surface area contributed by atoms with Gasteiger partial charge in [-0.25, -0.2) is 9.78 Å². The number of benzene rings is 1. The highest BCUT2D eigenvalue weighted by Crippen LogP contribution is 2.42. The number of oxazole rings is 1. The Bertz CT molecular complexity index is 1340. The van der Waals surface area contributed by atoms with Crippen molar-refractivity contribution >= 4 is 28.2 Å². The zero-order chi connectivity index (χ0) is 24.3. The van der Waals surface area contributed by atoms with Crippen LogP contribution in [0.5, 0.6) is 0 Å². The molecule has 180 valence electrons. The number of anilines is 2. The molecule has 0 bridgehead atoms. The number of nitrogens with zero attached hydrogens (tertiary/aromatic N) is 4. The smallest absolute Gasteiger partial charge is 0.341 e. The van der Waals surface area contributed by atoms with Crippen molar-refractivity contribution in [3.05, 3.63) is 51.5 Å². The summed E-state index contributed by atoms with van der Waals surface area (Å²) in [6, 6.07) is 2.09. The van der Waals surface area contributed by atoms with Crippen LogP contribution in [-0.4, -0.2) is 52.7 Å². The number of carboxylic acids is 1. The van der Waals surface area contributed by atoms with Crippen molar-refractivity contribution in [3.8, 4) is 0 Å². The van der Waals surface area contributed by atoms with E-state index in [1.54, 1.807) is 6.20 Å². The van der Waals surface area contributed by atoms with E-state index in [0.717, 1.165) is 60.8 Å². The predicted molar refractivity (Wildman–Crippen MR) is 131 cm³/mol. The van der Waals surface area contributed by atoms with Crippen molar-refractivity contribution in [2.45, 2.75) is 45.2 Å². The molecular weight excluding hydrogens is 434 g/mol. The summed E-state index contributed by atoms with van der Waals surface area (Å²) in [6.07, 6.45) is 6.16. The minimum absolute atomic E-state index is 0.0552. The summed E-state index contributed by atoms with van der Waals surface area (Å²) in [5, 5.41) is 9.89. The number of rotatable bonds is 6. The van der Waals surface area contributed by atoms with Crippen molar-refractivity contribution in [1.82, 2.24) is 14.5 Å². The highest BCUT2D eigenvalue weighted by molar-refractivity contribution is 6.01. The molecule has 3 aromatic rings. The third-order valence-corrected chi connectivity index (χ3v) is 7.19. The van der Waals surface area contributed by atoms with Gasteiger partial charge in [-0.1, -0.05) is 0 Å². The second kappa shape index (κ2) is 8.16. The molecule has 9 heteroatoms. The van der Waals surface area contributed by atoms with Crippen molar-refractivity contribution < 1.29 is 14.3 Å². The van der Waals surface area contributed by atoms with E-state index in [0.29, 0.717) is 17.0 Å². The molecule has 0 amide bonds. The number of fused-ring (bicyclic) bond motifs is 1. The topological polar surface area (TPSA) is 118 Å². The number of aromatic carboxylic acids is 1. The number of carboxylic acid groups (broad SMARTS) is 1. The maximum absolute atomic E-state index is 13.0. The molecule has 1 saturated carbocycles. The molecule has 1 aliphatic carbocycles. The van der Waals surface area contributed by atoms with Gasteiger partial charge in [0.05, 0.1) is 23.1 Å². The van der Waals surface area contributed by atoms with Gasteiger partial charge >= 0.3 is 5.97 Å². The molecule has 9 nitrogen and oxygen atoms in total. The predicted octanol–water partition coefficient (Wildman–Crippen LogP) is 3.35. The summed E-state index contributed by atoms with van der Waals surface area (Å²) in [5.74, 6) is 0.618. The molecule has 1 aromatic carbocycles. The van der Waals surface area contributed by atoms with Crippen LogP contribution < -0.4 is 16.1 Å². The SMILES string of the molecule is Cc1cnc(C(C2CCN(c3cc(N)c4c(=O)c(C(=O)O)cn(C5CC5)c4c3C)C2)N(C)C)o1. The number of nitrogen functional groups attached to an aromatic ring is 1. The molecule has 2 unspecified atom stereocenters. The fourth-order valence-corrected chi connectivity index (χ4v) is 5.47. The van der Waals surface area contributed by atoms with Gasteiger partial charge in [-0.05, 0) is 58.8 Å². The Morgan fingerprint density at radius 1 is 1.29 bits per heavy atom. The van der Waals surface area contributed by atoms with Crippen molar-refractivity contribution in [2.75, 3.05) is 37.8 Å². The van der Waals surface area contributed by atoms with Gasteiger partial charge in [0.1, 0.15) is 11.3 Å². The molecule has 2 aliphatic rings. The molecule has 3 N–H and O–H groups in total. The van der Waals surface area contributed by atoms with Crippen LogP contribution in [-0.2, 0) is 0 Å². The fourth-order valence-electron chi connectivity index (χ4n) is 5.47. The highest BCUT2D eigenvalue weighted by atomic mass is 16.4. The summed E-state index contributed by atoms with van der Waals surface area (Å²) in [5.41, 5.74) is 8.71. The van der Waals surface area contributed by atoms with Crippen LogP contribution in [0.25, 0.3) is 10.9 Å². The molecule has 1 aliphatic heterocycles. The average Bonchev–Trinajstić information content (AvgIpc) is 3.36. The van der Waals surface area contributed by atoms with Crippen LogP contribution in [0, 0.1) is 19.8 Å². The number of pyridine rings is 1. The van der Waals surface area contributed by atoms with E-state index >= 15 is 0 Å². The second-order valence-electron chi connectivity index (χ2n) is 9.86. The monoisotopic (exact) mass is 465 g/mol. The summed E-state index contributed by atoms with van der Waals surface area (Å²) in [6.45, 7) is 5.56. The largest absolute Gasteiger partial charge is 0.477 e. The lowest BCUT2D eigenvalue weighted by Gasteiger charge is -2.28. The molecule has 1 saturated heterocycles. The van der Waals surface area contributed by atoms with E-state index in [1.807, 2.05) is 38.6 Å². The van der Waals surface area contributed by atoms with E-state index in [2.05, 4.69) is 14.8 Å². The third-order valence-electron chi connectivity index (χ3n) is 7.19. The maximum Gasteiger partial charge on any atom is 0.341 e. The van der Waals surface area contributed by atoms with Crippen LogP contribution in [0.4, 0.5) is 11.4 Å². The maximum atomic E-state index is 13.0. The first-order valence-electron chi connectivity index (χ1n) is 11.7. The van der Waals surface area contributed by atoms with Gasteiger partial charge < -0.3 is 24.7 Å². The summed E-state index contributed by atoms with van der Waals surface area (Å²) in [4.78, 5) is 33.7. The summed E-state index contributed by atoms with van der Waals surface area (Å²) in [7, 11) is 4.08. The van der Waals surface area contributed by atoms with E-state index < -0.39 is 11.4 Å². The van der Waals surface area contributed by atoms with Crippen molar-refractivity contribution in [1.29, 1.82) is 0 Å². The normalized spacial score (nSPS) is 19.3. The molecule has 3 heterocycles. The lowest BCUT2D eigenvalue weighted by Crippen LogP contribution is -2.30. The standard InChI is InChI=1S/C25H31N5O4/c1-13-10-27-24(34-13)22(28(3)4)15-7-8-29(11-15)19-9-18(26)20-21(14(19)2)30(16-5-6-16)12-17(23(20)31)25(32)33/h9-10,12,15-16,22H,5-8,11,26H2,1-4H3,(H,32,33). The average molecular weight is 466 g/mol. The molecule has 5 rings (SSSR count). The number of hydrogen-bond acceptors (Lipinski definition) is 7. The van der Waals surface area contributed by atoms with Gasteiger partial charge in [0.2, 0.25) is 11.3 Å². The van der Waals surface area contributed by atoms with E-state index in [-0.39, 0.29) is 17.6 Å². The molecule has 2 atom stereocenters. The fraction of sp³-hybridized carbons (Fsp3) is 0.480. The molecule has 2 aromatic heterocycles. The quantitative estimate of drug-likeness (QED) is 0.532. The first-order valence-corrected chi connectivity index (χ1v) is 11.7. The third kappa shape index (κ3) is 3.64. The van der Waals surface area contributed by atoms with Crippen LogP contribution in [0.1, 0.15) is 58.9 Å². The second-order valence-corrected chi connectivity index (χ2v) is 9.86. The number of hydrogen-bond donors (Lipinski definition) is 2. The van der Waals surface area contributed by atoms with E-state index in [9.17, 15) is 14.7 Å². The molecule has 0 spiro atoms. The zero-order valence-corrected chi connectivity index (χ0v) is 20.0. The minimum Gasteiger partial charge on any atom is -0.477 e. The van der Waals surface area contributed by atoms with Gasteiger partial charge in [-0.15, -0.1) is 0 Å². The first kappa shape index (κ1) is 22.5. The van der Waals surface area contributed by atoms with Gasteiger partial charge in [-0.2, -0.15) is 0 Å². The number of nitrogens with two attached hydrogens (primary N) is 1. The van der Waals surface area contributed by atoms with Crippen molar-refractivity contribution in [2.24, 2.45) is 5.92 Å². The first-order chi connectivity index (χ1) is 16.2. The van der Waals surface area contributed by atoms with Crippen molar-refractivity contribution in [3.63, 3.8) is 0 Å². The number of aromatic nitrogens is 2. The lowest BCUT2D eigenvalue weighted by molar-refractivity contribution is 0.0695. The Hall–Kier alpha value is -3.33. The van der Waals surface area contributed by atoms with Gasteiger partial charge in [-0.3, -0.25) is 9.69 Å².